The van der Waals surface area contributed by atoms with Crippen molar-refractivity contribution in [2.45, 2.75) is 39.2 Å². The first kappa shape index (κ1) is 16.7. The molecule has 2 amide bonds. The van der Waals surface area contributed by atoms with Crippen LogP contribution in [0, 0.1) is 6.92 Å². The molecule has 0 aliphatic heterocycles. The van der Waals surface area contributed by atoms with Gasteiger partial charge in [0.2, 0.25) is 5.91 Å². The average molecular weight is 298 g/mol. The van der Waals surface area contributed by atoms with Gasteiger partial charge in [-0.1, -0.05) is 13.3 Å². The first-order valence-corrected chi connectivity index (χ1v) is 7.49. The number of nitrogens with one attached hydrogen (secondary N) is 2. The minimum Gasteiger partial charge on any atom is -0.388 e. The Morgan fingerprint density at radius 1 is 1.35 bits per heavy atom. The topological polar surface area (TPSA) is 78.4 Å². The van der Waals surface area contributed by atoms with Crippen LogP contribution in [0.2, 0.25) is 0 Å². The van der Waals surface area contributed by atoms with Crippen LogP contribution < -0.4 is 10.6 Å². The van der Waals surface area contributed by atoms with E-state index in [0.717, 1.165) is 11.3 Å². The quantitative estimate of drug-likeness (QED) is 0.713. The van der Waals surface area contributed by atoms with Gasteiger partial charge in [0.1, 0.15) is 0 Å². The van der Waals surface area contributed by atoms with E-state index in [4.69, 9.17) is 0 Å². The second-order valence-electron chi connectivity index (χ2n) is 5.12. The SMILES string of the molecule is CCCC(C)(O)CNC(=O)CNC(=O)c1ccc(C)s1. The Bertz CT molecular complexity index is 469. The minimum atomic E-state index is -0.903. The van der Waals surface area contributed by atoms with E-state index in [9.17, 15) is 14.7 Å². The molecule has 0 radical (unpaired) electrons. The molecule has 0 aliphatic rings. The number of aryl methyl sites for hydroxylation is 1. The maximum atomic E-state index is 11.7. The molecular weight excluding hydrogens is 276 g/mol. The maximum absolute atomic E-state index is 11.7. The number of amides is 2. The lowest BCUT2D eigenvalue weighted by atomic mass is 10.0. The monoisotopic (exact) mass is 298 g/mol. The summed E-state index contributed by atoms with van der Waals surface area (Å²) in [5, 5.41) is 15.1. The van der Waals surface area contributed by atoms with Gasteiger partial charge in [0.05, 0.1) is 17.0 Å². The van der Waals surface area contributed by atoms with Crippen molar-refractivity contribution >= 4 is 23.2 Å². The molecule has 1 atom stereocenters. The number of aliphatic hydroxyl groups is 1. The molecule has 1 aromatic heterocycles. The molecule has 5 nitrogen and oxygen atoms in total. The van der Waals surface area contributed by atoms with Gasteiger partial charge in [-0.25, -0.2) is 0 Å². The molecule has 20 heavy (non-hydrogen) atoms. The Balaban J connectivity index is 2.31. The van der Waals surface area contributed by atoms with Gasteiger partial charge in [-0.15, -0.1) is 11.3 Å². The fraction of sp³-hybridized carbons (Fsp3) is 0.571. The van der Waals surface area contributed by atoms with Crippen LogP contribution in [-0.4, -0.2) is 35.6 Å². The zero-order chi connectivity index (χ0) is 15.2. The highest BCUT2D eigenvalue weighted by Crippen LogP contribution is 2.14. The second kappa shape index (κ2) is 7.40. The first-order chi connectivity index (χ1) is 9.34. The first-order valence-electron chi connectivity index (χ1n) is 6.68. The summed E-state index contributed by atoms with van der Waals surface area (Å²) in [6, 6.07) is 3.60. The molecule has 112 valence electrons. The summed E-state index contributed by atoms with van der Waals surface area (Å²) in [6.45, 7) is 5.68. The van der Waals surface area contributed by atoms with Crippen molar-refractivity contribution in [2.24, 2.45) is 0 Å². The van der Waals surface area contributed by atoms with Crippen LogP contribution in [-0.2, 0) is 4.79 Å². The van der Waals surface area contributed by atoms with Crippen molar-refractivity contribution < 1.29 is 14.7 Å². The van der Waals surface area contributed by atoms with Gasteiger partial charge < -0.3 is 15.7 Å². The van der Waals surface area contributed by atoms with Crippen LogP contribution in [0.1, 0.15) is 41.2 Å². The second-order valence-corrected chi connectivity index (χ2v) is 6.40. The summed E-state index contributed by atoms with van der Waals surface area (Å²) >= 11 is 1.39. The number of thiophene rings is 1. The van der Waals surface area contributed by atoms with Crippen LogP contribution in [0.15, 0.2) is 12.1 Å². The van der Waals surface area contributed by atoms with Crippen molar-refractivity contribution in [3.8, 4) is 0 Å². The molecule has 0 spiro atoms. The molecule has 1 aromatic rings. The largest absolute Gasteiger partial charge is 0.388 e. The molecule has 0 saturated heterocycles. The van der Waals surface area contributed by atoms with Gasteiger partial charge in [-0.3, -0.25) is 9.59 Å². The van der Waals surface area contributed by atoms with E-state index in [1.165, 1.54) is 11.3 Å². The van der Waals surface area contributed by atoms with Gasteiger partial charge in [-0.2, -0.15) is 0 Å². The normalized spacial score (nSPS) is 13.6. The highest BCUT2D eigenvalue weighted by atomic mass is 32.1. The minimum absolute atomic E-state index is 0.0853. The fourth-order valence-corrected chi connectivity index (χ4v) is 2.57. The zero-order valence-electron chi connectivity index (χ0n) is 12.2. The Morgan fingerprint density at radius 2 is 2.05 bits per heavy atom. The van der Waals surface area contributed by atoms with Crippen LogP contribution in [0.25, 0.3) is 0 Å². The Hall–Kier alpha value is -1.40. The standard InChI is InChI=1S/C14H22N2O3S/c1-4-7-14(3,19)9-16-12(17)8-15-13(18)11-6-5-10(2)20-11/h5-6,19H,4,7-9H2,1-3H3,(H,15,18)(H,16,17). The van der Waals surface area contributed by atoms with E-state index >= 15 is 0 Å². The van der Waals surface area contributed by atoms with Gasteiger partial charge in [0.25, 0.3) is 5.91 Å². The number of rotatable bonds is 7. The summed E-state index contributed by atoms with van der Waals surface area (Å²) in [6.07, 6.45) is 1.46. The third-order valence-corrected chi connectivity index (χ3v) is 3.83. The van der Waals surface area contributed by atoms with E-state index in [2.05, 4.69) is 10.6 Å². The lowest BCUT2D eigenvalue weighted by molar-refractivity contribution is -0.121. The van der Waals surface area contributed by atoms with Crippen molar-refractivity contribution in [1.29, 1.82) is 0 Å². The molecule has 6 heteroatoms. The lowest BCUT2D eigenvalue weighted by Crippen LogP contribution is -2.44. The fourth-order valence-electron chi connectivity index (χ4n) is 1.78. The summed E-state index contributed by atoms with van der Waals surface area (Å²) in [7, 11) is 0. The van der Waals surface area contributed by atoms with E-state index < -0.39 is 5.60 Å². The van der Waals surface area contributed by atoms with Crippen molar-refractivity contribution in [1.82, 2.24) is 10.6 Å². The molecule has 1 heterocycles. The average Bonchev–Trinajstić information content (AvgIpc) is 2.80. The van der Waals surface area contributed by atoms with Crippen molar-refractivity contribution in [2.75, 3.05) is 13.1 Å². The summed E-state index contributed by atoms with van der Waals surface area (Å²) in [5.74, 6) is -0.554. The summed E-state index contributed by atoms with van der Waals surface area (Å²) in [5.41, 5.74) is -0.903. The predicted octanol–water partition coefficient (Wildman–Crippen LogP) is 1.45. The van der Waals surface area contributed by atoms with Crippen molar-refractivity contribution in [3.05, 3.63) is 21.9 Å². The van der Waals surface area contributed by atoms with E-state index in [1.807, 2.05) is 19.9 Å². The maximum Gasteiger partial charge on any atom is 0.261 e. The molecule has 3 N–H and O–H groups in total. The van der Waals surface area contributed by atoms with E-state index in [1.54, 1.807) is 13.0 Å². The van der Waals surface area contributed by atoms with E-state index in [-0.39, 0.29) is 24.9 Å². The van der Waals surface area contributed by atoms with Crippen LogP contribution >= 0.6 is 11.3 Å². The lowest BCUT2D eigenvalue weighted by Gasteiger charge is -2.22. The summed E-state index contributed by atoms with van der Waals surface area (Å²) in [4.78, 5) is 25.0. The Kier molecular flexibility index (Phi) is 6.16. The zero-order valence-corrected chi connectivity index (χ0v) is 13.0. The summed E-state index contributed by atoms with van der Waals surface area (Å²) < 4.78 is 0. The van der Waals surface area contributed by atoms with Crippen LogP contribution in [0.3, 0.4) is 0 Å². The molecule has 0 aromatic carbocycles. The van der Waals surface area contributed by atoms with Gasteiger partial charge in [0, 0.05) is 11.4 Å². The molecule has 1 rings (SSSR count). The van der Waals surface area contributed by atoms with E-state index in [0.29, 0.717) is 11.3 Å². The molecule has 0 bridgehead atoms. The molecule has 1 unspecified atom stereocenters. The van der Waals surface area contributed by atoms with Crippen LogP contribution in [0.5, 0.6) is 0 Å². The van der Waals surface area contributed by atoms with Gasteiger partial charge in [-0.05, 0) is 32.4 Å². The van der Waals surface area contributed by atoms with Gasteiger partial charge in [0.15, 0.2) is 0 Å². The molecular formula is C14H22N2O3S. The smallest absolute Gasteiger partial charge is 0.261 e. The Labute approximate surface area is 123 Å². The third kappa shape index (κ3) is 5.71. The third-order valence-electron chi connectivity index (χ3n) is 2.83. The highest BCUT2D eigenvalue weighted by molar-refractivity contribution is 7.13. The molecule has 0 aliphatic carbocycles. The van der Waals surface area contributed by atoms with Gasteiger partial charge >= 0.3 is 0 Å². The molecule has 0 fully saturated rings. The van der Waals surface area contributed by atoms with Crippen LogP contribution in [0.4, 0.5) is 0 Å². The number of hydrogen-bond acceptors (Lipinski definition) is 4. The molecule has 0 saturated carbocycles. The highest BCUT2D eigenvalue weighted by Gasteiger charge is 2.20. The Morgan fingerprint density at radius 3 is 2.60 bits per heavy atom. The predicted molar refractivity (Wildman–Crippen MR) is 79.9 cm³/mol. The number of carbonyl (C=O) groups excluding carboxylic acids is 2. The number of carbonyl (C=O) groups is 2. The number of hydrogen-bond donors (Lipinski definition) is 3. The van der Waals surface area contributed by atoms with Crippen molar-refractivity contribution in [3.63, 3.8) is 0 Å².